The number of nitrogens with zero attached hydrogens (tertiary/aromatic N) is 1. The van der Waals surface area contributed by atoms with E-state index in [2.05, 4.69) is 4.74 Å². The Morgan fingerprint density at radius 1 is 1.31 bits per heavy atom. The third-order valence-corrected chi connectivity index (χ3v) is 1.67. The second-order valence-electron chi connectivity index (χ2n) is 2.85. The fourth-order valence-electron chi connectivity index (χ4n) is 0.797. The molecule has 0 aliphatic rings. The summed E-state index contributed by atoms with van der Waals surface area (Å²) in [5.74, 6) is -0.573. The molecule has 2 N–H and O–H groups in total. The smallest absolute Gasteiger partial charge is 0.306 e. The lowest BCUT2D eigenvalue weighted by atomic mass is 10.3. The van der Waals surface area contributed by atoms with Gasteiger partial charge in [-0.2, -0.15) is 0 Å². The topological polar surface area (TPSA) is 72.6 Å². The number of amides is 1. The molecule has 0 atom stereocenters. The van der Waals surface area contributed by atoms with E-state index in [0.29, 0.717) is 25.9 Å². The summed E-state index contributed by atoms with van der Waals surface area (Å²) in [5, 5.41) is 0. The molecule has 5 heteroatoms. The standard InChI is InChI=1S/C8H16N2O3/c1-10(5-3-7(9)11)6-4-8(12)13-2/h3-6H2,1-2H3,(H2,9,11). The van der Waals surface area contributed by atoms with Crippen molar-refractivity contribution in [1.82, 2.24) is 4.90 Å². The highest BCUT2D eigenvalue weighted by Gasteiger charge is 2.04. The maximum Gasteiger partial charge on any atom is 0.306 e. The Kier molecular flexibility index (Phi) is 5.88. The zero-order valence-corrected chi connectivity index (χ0v) is 8.08. The van der Waals surface area contributed by atoms with E-state index in [1.54, 1.807) is 0 Å². The summed E-state index contributed by atoms with van der Waals surface area (Å²) in [7, 11) is 3.18. The largest absolute Gasteiger partial charge is 0.469 e. The molecule has 0 fully saturated rings. The summed E-state index contributed by atoms with van der Waals surface area (Å²) < 4.78 is 4.47. The Bertz CT molecular complexity index is 182. The molecule has 5 nitrogen and oxygen atoms in total. The van der Waals surface area contributed by atoms with Crippen molar-refractivity contribution in [2.24, 2.45) is 5.73 Å². The molecule has 0 aromatic carbocycles. The predicted molar refractivity (Wildman–Crippen MR) is 47.9 cm³/mol. The number of hydrogen-bond acceptors (Lipinski definition) is 4. The normalized spacial score (nSPS) is 10.1. The van der Waals surface area contributed by atoms with E-state index in [1.807, 2.05) is 11.9 Å². The molecule has 0 saturated carbocycles. The molecule has 0 spiro atoms. The predicted octanol–water partition coefficient (Wildman–Crippen LogP) is -0.643. The molecule has 0 saturated heterocycles. The van der Waals surface area contributed by atoms with E-state index in [4.69, 9.17) is 5.73 Å². The van der Waals surface area contributed by atoms with E-state index in [1.165, 1.54) is 7.11 Å². The molecule has 0 aliphatic heterocycles. The summed E-state index contributed by atoms with van der Waals surface area (Å²) in [4.78, 5) is 23.0. The number of esters is 1. The van der Waals surface area contributed by atoms with Crippen molar-refractivity contribution < 1.29 is 14.3 Å². The number of rotatable bonds is 6. The van der Waals surface area contributed by atoms with Gasteiger partial charge in [0.25, 0.3) is 0 Å². The number of ether oxygens (including phenoxy) is 1. The highest BCUT2D eigenvalue weighted by Crippen LogP contribution is 1.91. The summed E-state index contributed by atoms with van der Waals surface area (Å²) in [6.45, 7) is 1.16. The maximum absolute atomic E-state index is 10.7. The number of methoxy groups -OCH3 is 1. The van der Waals surface area contributed by atoms with E-state index < -0.39 is 0 Å². The minimum Gasteiger partial charge on any atom is -0.469 e. The van der Waals surface area contributed by atoms with Crippen molar-refractivity contribution in [3.05, 3.63) is 0 Å². The highest BCUT2D eigenvalue weighted by atomic mass is 16.5. The SMILES string of the molecule is COC(=O)CCN(C)CCC(N)=O. The lowest BCUT2D eigenvalue weighted by Gasteiger charge is -2.14. The van der Waals surface area contributed by atoms with Crippen LogP contribution in [0, 0.1) is 0 Å². The van der Waals surface area contributed by atoms with E-state index in [-0.39, 0.29) is 11.9 Å². The van der Waals surface area contributed by atoms with Crippen molar-refractivity contribution >= 4 is 11.9 Å². The van der Waals surface area contributed by atoms with E-state index >= 15 is 0 Å². The van der Waals surface area contributed by atoms with Crippen LogP contribution in [0.25, 0.3) is 0 Å². The average Bonchev–Trinajstić information content (AvgIpc) is 2.10. The molecule has 0 bridgehead atoms. The maximum atomic E-state index is 10.7. The van der Waals surface area contributed by atoms with Crippen molar-refractivity contribution in [3.63, 3.8) is 0 Å². The van der Waals surface area contributed by atoms with Gasteiger partial charge >= 0.3 is 5.97 Å². The van der Waals surface area contributed by atoms with Crippen LogP contribution >= 0.6 is 0 Å². The monoisotopic (exact) mass is 188 g/mol. The third-order valence-electron chi connectivity index (χ3n) is 1.67. The van der Waals surface area contributed by atoms with Crippen LogP contribution in [-0.4, -0.2) is 44.0 Å². The first kappa shape index (κ1) is 11.9. The van der Waals surface area contributed by atoms with Gasteiger partial charge in [-0.25, -0.2) is 0 Å². The molecular weight excluding hydrogens is 172 g/mol. The van der Waals surface area contributed by atoms with Crippen LogP contribution in [0.1, 0.15) is 12.8 Å². The van der Waals surface area contributed by atoms with E-state index in [9.17, 15) is 9.59 Å². The molecule has 0 unspecified atom stereocenters. The Balaban J connectivity index is 3.45. The van der Waals surface area contributed by atoms with Crippen LogP contribution in [0.2, 0.25) is 0 Å². The lowest BCUT2D eigenvalue weighted by Crippen LogP contribution is -2.26. The second kappa shape index (κ2) is 6.42. The van der Waals surface area contributed by atoms with Gasteiger partial charge in [0.1, 0.15) is 0 Å². The molecule has 76 valence electrons. The summed E-state index contributed by atoms with van der Waals surface area (Å²) >= 11 is 0. The number of carbonyl (C=O) groups is 2. The van der Waals surface area contributed by atoms with Crippen LogP contribution < -0.4 is 5.73 Å². The number of hydrogen-bond donors (Lipinski definition) is 1. The fraction of sp³-hybridized carbons (Fsp3) is 0.750. The van der Waals surface area contributed by atoms with Gasteiger partial charge in [0.2, 0.25) is 5.91 Å². The zero-order chi connectivity index (χ0) is 10.3. The van der Waals surface area contributed by atoms with Crippen LogP contribution in [0.5, 0.6) is 0 Å². The first-order valence-electron chi connectivity index (χ1n) is 4.10. The van der Waals surface area contributed by atoms with E-state index in [0.717, 1.165) is 0 Å². The van der Waals surface area contributed by atoms with Crippen LogP contribution in [0.4, 0.5) is 0 Å². The van der Waals surface area contributed by atoms with Crippen molar-refractivity contribution in [3.8, 4) is 0 Å². The van der Waals surface area contributed by atoms with Gasteiger partial charge in [0.15, 0.2) is 0 Å². The van der Waals surface area contributed by atoms with Gasteiger partial charge in [-0.3, -0.25) is 9.59 Å². The Labute approximate surface area is 77.8 Å². The Morgan fingerprint density at radius 2 is 1.85 bits per heavy atom. The molecule has 0 aromatic rings. The van der Waals surface area contributed by atoms with Crippen LogP contribution in [0.3, 0.4) is 0 Å². The highest BCUT2D eigenvalue weighted by molar-refractivity contribution is 5.73. The lowest BCUT2D eigenvalue weighted by molar-refractivity contribution is -0.140. The average molecular weight is 188 g/mol. The molecule has 0 radical (unpaired) electrons. The fourth-order valence-corrected chi connectivity index (χ4v) is 0.797. The van der Waals surface area contributed by atoms with Crippen molar-refractivity contribution in [1.29, 1.82) is 0 Å². The Morgan fingerprint density at radius 3 is 2.31 bits per heavy atom. The molecule has 1 amide bonds. The van der Waals surface area contributed by atoms with Gasteiger partial charge in [-0.15, -0.1) is 0 Å². The first-order valence-corrected chi connectivity index (χ1v) is 4.10. The number of primary amides is 1. The summed E-state index contributed by atoms with van der Waals surface area (Å²) in [6, 6.07) is 0. The molecular formula is C8H16N2O3. The molecule has 13 heavy (non-hydrogen) atoms. The Hall–Kier alpha value is -1.10. The number of nitrogens with two attached hydrogens (primary N) is 1. The molecule has 0 aromatic heterocycles. The quantitative estimate of drug-likeness (QED) is 0.562. The molecule has 0 heterocycles. The van der Waals surface area contributed by atoms with Gasteiger partial charge in [-0.05, 0) is 7.05 Å². The van der Waals surface area contributed by atoms with Gasteiger partial charge in [0.05, 0.1) is 13.5 Å². The minimum absolute atomic E-state index is 0.245. The summed E-state index contributed by atoms with van der Waals surface area (Å²) in [5.41, 5.74) is 4.97. The van der Waals surface area contributed by atoms with Crippen LogP contribution in [0.15, 0.2) is 0 Å². The van der Waals surface area contributed by atoms with Gasteiger partial charge < -0.3 is 15.4 Å². The minimum atomic E-state index is -0.329. The van der Waals surface area contributed by atoms with Gasteiger partial charge in [-0.1, -0.05) is 0 Å². The van der Waals surface area contributed by atoms with Crippen molar-refractivity contribution in [2.45, 2.75) is 12.8 Å². The van der Waals surface area contributed by atoms with Crippen LogP contribution in [-0.2, 0) is 14.3 Å². The second-order valence-corrected chi connectivity index (χ2v) is 2.85. The zero-order valence-electron chi connectivity index (χ0n) is 8.08. The first-order chi connectivity index (χ1) is 6.06. The van der Waals surface area contributed by atoms with Crippen molar-refractivity contribution in [2.75, 3.05) is 27.2 Å². The number of carbonyl (C=O) groups excluding carboxylic acids is 2. The van der Waals surface area contributed by atoms with Gasteiger partial charge in [0, 0.05) is 19.5 Å². The molecule has 0 aliphatic carbocycles. The summed E-state index contributed by atoms with van der Waals surface area (Å²) in [6.07, 6.45) is 0.656. The molecule has 0 rings (SSSR count). The third kappa shape index (κ3) is 7.27.